The monoisotopic (exact) mass is 158 g/mol. The lowest BCUT2D eigenvalue weighted by Gasteiger charge is -1.99. The highest BCUT2D eigenvalue weighted by Crippen LogP contribution is 2.21. The van der Waals surface area contributed by atoms with E-state index in [-0.39, 0.29) is 0 Å². The van der Waals surface area contributed by atoms with Crippen LogP contribution in [-0.4, -0.2) is 20.6 Å². The van der Waals surface area contributed by atoms with Crippen LogP contribution in [0.1, 0.15) is 5.69 Å². The SMILES string of the molecule is C1=Nc2ncc3nccn3c2C1. The largest absolute Gasteiger partial charge is 0.299 e. The Balaban J connectivity index is 2.49. The molecule has 3 rings (SSSR count). The number of aliphatic imine (C=N–C) groups is 1. The average molecular weight is 158 g/mol. The van der Waals surface area contributed by atoms with Crippen molar-refractivity contribution in [2.75, 3.05) is 0 Å². The molecule has 0 saturated heterocycles. The zero-order valence-electron chi connectivity index (χ0n) is 6.31. The molecule has 0 aliphatic carbocycles. The first-order chi connectivity index (χ1) is 5.95. The molecule has 0 atom stereocenters. The van der Waals surface area contributed by atoms with Crippen LogP contribution in [0.5, 0.6) is 0 Å². The molecular formula is C8H6N4. The Labute approximate surface area is 68.6 Å². The van der Waals surface area contributed by atoms with Crippen LogP contribution < -0.4 is 0 Å². The number of imidazole rings is 1. The number of rotatable bonds is 0. The van der Waals surface area contributed by atoms with Gasteiger partial charge in [0.2, 0.25) is 0 Å². The molecule has 0 bridgehead atoms. The van der Waals surface area contributed by atoms with Gasteiger partial charge in [-0.05, 0) is 0 Å². The van der Waals surface area contributed by atoms with E-state index >= 15 is 0 Å². The van der Waals surface area contributed by atoms with E-state index in [1.165, 1.54) is 0 Å². The molecule has 0 aromatic carbocycles. The van der Waals surface area contributed by atoms with Crippen molar-refractivity contribution in [3.05, 3.63) is 24.3 Å². The van der Waals surface area contributed by atoms with E-state index in [4.69, 9.17) is 0 Å². The van der Waals surface area contributed by atoms with Gasteiger partial charge in [-0.1, -0.05) is 0 Å². The maximum atomic E-state index is 4.18. The van der Waals surface area contributed by atoms with Gasteiger partial charge in [-0.15, -0.1) is 0 Å². The van der Waals surface area contributed by atoms with E-state index in [0.29, 0.717) is 0 Å². The molecule has 1 aliphatic rings. The van der Waals surface area contributed by atoms with Crippen molar-refractivity contribution in [2.45, 2.75) is 6.42 Å². The highest BCUT2D eigenvalue weighted by Gasteiger charge is 2.11. The molecule has 0 radical (unpaired) electrons. The van der Waals surface area contributed by atoms with Crippen LogP contribution in [0.4, 0.5) is 5.82 Å². The zero-order chi connectivity index (χ0) is 7.97. The Morgan fingerprint density at radius 2 is 2.33 bits per heavy atom. The van der Waals surface area contributed by atoms with Crippen molar-refractivity contribution in [2.24, 2.45) is 4.99 Å². The van der Waals surface area contributed by atoms with E-state index in [0.717, 1.165) is 23.6 Å². The smallest absolute Gasteiger partial charge is 0.172 e. The second-order valence-corrected chi connectivity index (χ2v) is 2.70. The summed E-state index contributed by atoms with van der Waals surface area (Å²) >= 11 is 0. The minimum atomic E-state index is 0.820. The maximum Gasteiger partial charge on any atom is 0.172 e. The quantitative estimate of drug-likeness (QED) is 0.573. The molecule has 0 saturated carbocycles. The molecule has 0 N–H and O–H groups in total. The molecule has 0 amide bonds. The van der Waals surface area contributed by atoms with Crippen LogP contribution >= 0.6 is 0 Å². The molecule has 2 aromatic heterocycles. The standard InChI is InChI=1S/C8H6N4/c1-2-10-8-6(1)12-4-3-9-7(12)5-11-8/h2-5H,1H2. The number of aromatic nitrogens is 3. The lowest BCUT2D eigenvalue weighted by molar-refractivity contribution is 1.04. The topological polar surface area (TPSA) is 42.5 Å². The average Bonchev–Trinajstić information content (AvgIpc) is 2.71. The summed E-state index contributed by atoms with van der Waals surface area (Å²) in [6, 6.07) is 0. The van der Waals surface area contributed by atoms with E-state index in [1.54, 1.807) is 12.4 Å². The van der Waals surface area contributed by atoms with Gasteiger partial charge >= 0.3 is 0 Å². The highest BCUT2D eigenvalue weighted by molar-refractivity contribution is 5.73. The second kappa shape index (κ2) is 1.91. The van der Waals surface area contributed by atoms with Gasteiger partial charge in [0.1, 0.15) is 0 Å². The second-order valence-electron chi connectivity index (χ2n) is 2.70. The molecule has 1 aliphatic heterocycles. The van der Waals surface area contributed by atoms with Crippen molar-refractivity contribution < 1.29 is 0 Å². The number of hydrogen-bond donors (Lipinski definition) is 0. The molecule has 3 heterocycles. The summed E-state index contributed by atoms with van der Waals surface area (Å²) in [5, 5.41) is 0. The first-order valence-electron chi connectivity index (χ1n) is 3.78. The number of hydrogen-bond acceptors (Lipinski definition) is 3. The van der Waals surface area contributed by atoms with Crippen LogP contribution in [0, 0.1) is 0 Å². The predicted molar refractivity (Wildman–Crippen MR) is 44.8 cm³/mol. The van der Waals surface area contributed by atoms with E-state index < -0.39 is 0 Å². The third-order valence-electron chi connectivity index (χ3n) is 2.02. The van der Waals surface area contributed by atoms with E-state index in [9.17, 15) is 0 Å². The van der Waals surface area contributed by atoms with Crippen molar-refractivity contribution >= 4 is 17.7 Å². The van der Waals surface area contributed by atoms with Crippen LogP contribution in [-0.2, 0) is 6.42 Å². The molecule has 0 spiro atoms. The van der Waals surface area contributed by atoms with Crippen molar-refractivity contribution in [3.63, 3.8) is 0 Å². The van der Waals surface area contributed by atoms with Gasteiger partial charge in [0.15, 0.2) is 11.5 Å². The Hall–Kier alpha value is -1.71. The third kappa shape index (κ3) is 0.592. The van der Waals surface area contributed by atoms with Gasteiger partial charge < -0.3 is 0 Å². The minimum Gasteiger partial charge on any atom is -0.299 e. The first kappa shape index (κ1) is 5.88. The van der Waals surface area contributed by atoms with E-state index in [2.05, 4.69) is 15.0 Å². The molecule has 58 valence electrons. The molecular weight excluding hydrogens is 152 g/mol. The first-order valence-corrected chi connectivity index (χ1v) is 3.78. The lowest BCUT2D eigenvalue weighted by atomic mass is 10.3. The van der Waals surface area contributed by atoms with Crippen molar-refractivity contribution in [3.8, 4) is 0 Å². The molecule has 4 heteroatoms. The Bertz CT molecular complexity index is 469. The summed E-state index contributed by atoms with van der Waals surface area (Å²) in [6.07, 6.45) is 8.18. The molecule has 4 nitrogen and oxygen atoms in total. The fraction of sp³-hybridized carbons (Fsp3) is 0.125. The number of fused-ring (bicyclic) bond motifs is 3. The van der Waals surface area contributed by atoms with Crippen molar-refractivity contribution in [1.82, 2.24) is 14.4 Å². The summed E-state index contributed by atoms with van der Waals surface area (Å²) in [5.41, 5.74) is 2.02. The Morgan fingerprint density at radius 3 is 3.33 bits per heavy atom. The van der Waals surface area contributed by atoms with Gasteiger partial charge in [0, 0.05) is 25.0 Å². The fourth-order valence-corrected chi connectivity index (χ4v) is 1.46. The molecule has 0 fully saturated rings. The Kier molecular flexibility index (Phi) is 0.935. The normalized spacial score (nSPS) is 14.0. The van der Waals surface area contributed by atoms with Gasteiger partial charge in [-0.25, -0.2) is 15.0 Å². The van der Waals surface area contributed by atoms with E-state index in [1.807, 2.05) is 16.8 Å². The highest BCUT2D eigenvalue weighted by atomic mass is 15.1. The van der Waals surface area contributed by atoms with Crippen molar-refractivity contribution in [1.29, 1.82) is 0 Å². The molecule has 12 heavy (non-hydrogen) atoms. The third-order valence-corrected chi connectivity index (χ3v) is 2.02. The van der Waals surface area contributed by atoms with Crippen LogP contribution in [0.2, 0.25) is 0 Å². The summed E-state index contributed by atoms with van der Waals surface area (Å²) in [7, 11) is 0. The molecule has 2 aromatic rings. The van der Waals surface area contributed by atoms with Crippen LogP contribution in [0.25, 0.3) is 5.65 Å². The lowest BCUT2D eigenvalue weighted by Crippen LogP contribution is -1.94. The number of nitrogens with zero attached hydrogens (tertiary/aromatic N) is 4. The predicted octanol–water partition coefficient (Wildman–Crippen LogP) is 0.988. The minimum absolute atomic E-state index is 0.820. The zero-order valence-corrected chi connectivity index (χ0v) is 6.31. The van der Waals surface area contributed by atoms with Gasteiger partial charge in [-0.2, -0.15) is 0 Å². The van der Waals surface area contributed by atoms with Crippen LogP contribution in [0.3, 0.4) is 0 Å². The summed E-state index contributed by atoms with van der Waals surface area (Å²) < 4.78 is 2.02. The van der Waals surface area contributed by atoms with Crippen LogP contribution in [0.15, 0.2) is 23.6 Å². The van der Waals surface area contributed by atoms with Gasteiger partial charge in [0.25, 0.3) is 0 Å². The fourth-order valence-electron chi connectivity index (χ4n) is 1.46. The summed E-state index contributed by atoms with van der Waals surface area (Å²) in [4.78, 5) is 12.5. The Morgan fingerprint density at radius 1 is 1.33 bits per heavy atom. The van der Waals surface area contributed by atoms with Gasteiger partial charge in [-0.3, -0.25) is 4.40 Å². The molecule has 0 unspecified atom stereocenters. The van der Waals surface area contributed by atoms with Gasteiger partial charge in [0.05, 0.1) is 11.9 Å². The maximum absolute atomic E-state index is 4.18. The summed E-state index contributed by atoms with van der Waals surface area (Å²) in [5.74, 6) is 0.820. The summed E-state index contributed by atoms with van der Waals surface area (Å²) in [6.45, 7) is 0.